The number of pyridine rings is 1. The summed E-state index contributed by atoms with van der Waals surface area (Å²) in [7, 11) is 0. The van der Waals surface area contributed by atoms with Gasteiger partial charge in [-0.2, -0.15) is 0 Å². The molecule has 0 bridgehead atoms. The highest BCUT2D eigenvalue weighted by atomic mass is 16.5. The van der Waals surface area contributed by atoms with Crippen molar-refractivity contribution in [2.75, 3.05) is 0 Å². The van der Waals surface area contributed by atoms with Crippen molar-refractivity contribution >= 4 is 5.97 Å². The summed E-state index contributed by atoms with van der Waals surface area (Å²) in [5, 5.41) is 0. The second kappa shape index (κ2) is 8.47. The maximum absolute atomic E-state index is 12.5. The number of unbranched alkanes of at least 4 members (excludes halogenated alkanes) is 1. The fourth-order valence-corrected chi connectivity index (χ4v) is 3.54. The van der Waals surface area contributed by atoms with E-state index < -0.39 is 0 Å². The number of carbonyl (C=O) groups is 1. The molecule has 3 atom stereocenters. The molecule has 1 fully saturated rings. The first kappa shape index (κ1) is 18.0. The predicted octanol–water partition coefficient (Wildman–Crippen LogP) is 4.39. The Labute approximate surface area is 141 Å². The Morgan fingerprint density at radius 1 is 1.30 bits per heavy atom. The molecule has 1 aromatic heterocycles. The van der Waals surface area contributed by atoms with Crippen molar-refractivity contribution in [1.29, 1.82) is 0 Å². The summed E-state index contributed by atoms with van der Waals surface area (Å²) in [5.41, 5.74) is 0.665. The van der Waals surface area contributed by atoms with E-state index in [9.17, 15) is 4.79 Å². The highest BCUT2D eigenvalue weighted by Crippen LogP contribution is 2.35. The van der Waals surface area contributed by atoms with Crippen LogP contribution in [0.1, 0.15) is 70.2 Å². The Morgan fingerprint density at radius 2 is 2.00 bits per heavy atom. The van der Waals surface area contributed by atoms with E-state index in [2.05, 4.69) is 32.3 Å². The molecular formula is C20H32NO2+. The zero-order valence-electron chi connectivity index (χ0n) is 15.1. The number of aryl methyl sites for hydroxylation is 1. The topological polar surface area (TPSA) is 30.2 Å². The van der Waals surface area contributed by atoms with Crippen LogP contribution in [0.25, 0.3) is 0 Å². The molecular weight excluding hydrogens is 286 g/mol. The first-order valence-corrected chi connectivity index (χ1v) is 9.21. The lowest BCUT2D eigenvalue weighted by molar-refractivity contribution is -0.697. The van der Waals surface area contributed by atoms with Crippen LogP contribution in [0.2, 0.25) is 0 Å². The Balaban J connectivity index is 1.99. The number of hydrogen-bond donors (Lipinski definition) is 0. The van der Waals surface area contributed by atoms with Crippen molar-refractivity contribution in [1.82, 2.24) is 0 Å². The molecule has 2 rings (SSSR count). The Hall–Kier alpha value is -1.38. The van der Waals surface area contributed by atoms with Gasteiger partial charge in [-0.15, -0.1) is 0 Å². The average Bonchev–Trinajstić information content (AvgIpc) is 2.53. The number of hydrogen-bond acceptors (Lipinski definition) is 2. The van der Waals surface area contributed by atoms with Crippen molar-refractivity contribution < 1.29 is 14.1 Å². The van der Waals surface area contributed by atoms with Crippen molar-refractivity contribution in [3.8, 4) is 0 Å². The first-order chi connectivity index (χ1) is 11.0. The van der Waals surface area contributed by atoms with Crippen LogP contribution in [0.5, 0.6) is 0 Å². The van der Waals surface area contributed by atoms with Gasteiger partial charge in [0.2, 0.25) is 0 Å². The zero-order valence-corrected chi connectivity index (χ0v) is 15.1. The third-order valence-corrected chi connectivity index (χ3v) is 5.12. The van der Waals surface area contributed by atoms with Gasteiger partial charge in [0.1, 0.15) is 12.6 Å². The van der Waals surface area contributed by atoms with Crippen molar-refractivity contribution in [2.24, 2.45) is 17.8 Å². The van der Waals surface area contributed by atoms with Gasteiger partial charge in [-0.1, -0.05) is 40.5 Å². The van der Waals surface area contributed by atoms with E-state index in [1.165, 1.54) is 19.3 Å². The molecule has 0 aliphatic heterocycles. The minimum absolute atomic E-state index is 0.0682. The lowest BCUT2D eigenvalue weighted by atomic mass is 9.75. The summed E-state index contributed by atoms with van der Waals surface area (Å²) in [6.07, 6.45) is 9.78. The molecule has 0 aromatic carbocycles. The summed E-state index contributed by atoms with van der Waals surface area (Å²) in [5.74, 6) is 1.53. The smallest absolute Gasteiger partial charge is 0.338 e. The lowest BCUT2D eigenvalue weighted by Gasteiger charge is -2.36. The quantitative estimate of drug-likeness (QED) is 0.575. The van der Waals surface area contributed by atoms with Crippen LogP contribution in [0.3, 0.4) is 0 Å². The Kier molecular flexibility index (Phi) is 6.61. The molecule has 0 amide bonds. The van der Waals surface area contributed by atoms with Crippen LogP contribution >= 0.6 is 0 Å². The summed E-state index contributed by atoms with van der Waals surface area (Å²) in [6.45, 7) is 9.92. The summed E-state index contributed by atoms with van der Waals surface area (Å²) < 4.78 is 8.02. The molecule has 0 spiro atoms. The molecule has 1 aliphatic carbocycles. The van der Waals surface area contributed by atoms with Gasteiger partial charge in [0.15, 0.2) is 12.4 Å². The Morgan fingerprint density at radius 3 is 2.61 bits per heavy atom. The monoisotopic (exact) mass is 318 g/mol. The van der Waals surface area contributed by atoms with E-state index >= 15 is 0 Å². The van der Waals surface area contributed by atoms with Crippen LogP contribution in [0, 0.1) is 17.8 Å². The lowest BCUT2D eigenvalue weighted by Crippen LogP contribution is -2.36. The minimum Gasteiger partial charge on any atom is -0.458 e. The third kappa shape index (κ3) is 5.05. The molecule has 1 aromatic rings. The maximum Gasteiger partial charge on any atom is 0.338 e. The fraction of sp³-hybridized carbons (Fsp3) is 0.700. The summed E-state index contributed by atoms with van der Waals surface area (Å²) in [6, 6.07) is 3.77. The normalized spacial score (nSPS) is 24.7. The van der Waals surface area contributed by atoms with E-state index in [0.717, 1.165) is 19.4 Å². The molecule has 0 saturated heterocycles. The molecule has 0 N–H and O–H groups in total. The van der Waals surface area contributed by atoms with Gasteiger partial charge >= 0.3 is 5.97 Å². The second-order valence-electron chi connectivity index (χ2n) is 7.45. The fourth-order valence-electron chi connectivity index (χ4n) is 3.54. The van der Waals surface area contributed by atoms with Crippen LogP contribution < -0.4 is 4.57 Å². The van der Waals surface area contributed by atoms with Crippen molar-refractivity contribution in [2.45, 2.75) is 72.4 Å². The van der Waals surface area contributed by atoms with E-state index in [-0.39, 0.29) is 12.1 Å². The summed E-state index contributed by atoms with van der Waals surface area (Å²) in [4.78, 5) is 12.5. The molecule has 128 valence electrons. The van der Waals surface area contributed by atoms with Crippen LogP contribution in [-0.2, 0) is 11.3 Å². The number of esters is 1. The van der Waals surface area contributed by atoms with Crippen molar-refractivity contribution in [3.05, 3.63) is 30.1 Å². The SMILES string of the molecule is CCCC[n+]1ccc(C(=O)O[C@@H]2C[C@H](C)CC[C@H]2C(C)C)cc1. The van der Waals surface area contributed by atoms with Crippen LogP contribution in [0.15, 0.2) is 24.5 Å². The van der Waals surface area contributed by atoms with Gasteiger partial charge in [0.05, 0.1) is 5.56 Å². The molecule has 0 radical (unpaired) electrons. The molecule has 1 heterocycles. The predicted molar refractivity (Wildman–Crippen MR) is 92.1 cm³/mol. The van der Waals surface area contributed by atoms with Gasteiger partial charge in [-0.05, 0) is 30.6 Å². The highest BCUT2D eigenvalue weighted by molar-refractivity contribution is 5.89. The van der Waals surface area contributed by atoms with Gasteiger partial charge in [-0.3, -0.25) is 0 Å². The minimum atomic E-state index is -0.169. The van der Waals surface area contributed by atoms with E-state index in [1.54, 1.807) is 0 Å². The molecule has 0 unspecified atom stereocenters. The zero-order chi connectivity index (χ0) is 16.8. The number of carbonyl (C=O) groups excluding carboxylic acids is 1. The van der Waals surface area contributed by atoms with Gasteiger partial charge < -0.3 is 4.74 Å². The number of rotatable bonds is 6. The number of ether oxygens (including phenoxy) is 1. The van der Waals surface area contributed by atoms with Crippen LogP contribution in [0.4, 0.5) is 0 Å². The van der Waals surface area contributed by atoms with Gasteiger partial charge in [0.25, 0.3) is 0 Å². The standard InChI is InChI=1S/C20H32NO2/c1-5-6-11-21-12-9-17(10-13-21)20(22)23-19-14-16(4)7-8-18(19)15(2)3/h9-10,12-13,15-16,18-19H,5-8,11,14H2,1-4H3/q+1/t16-,18+,19-/m1/s1. The molecule has 1 aliphatic rings. The number of aromatic nitrogens is 1. The molecule has 3 nitrogen and oxygen atoms in total. The number of nitrogens with zero attached hydrogens (tertiary/aromatic N) is 1. The van der Waals surface area contributed by atoms with Gasteiger partial charge in [-0.25, -0.2) is 9.36 Å². The van der Waals surface area contributed by atoms with Crippen molar-refractivity contribution in [3.63, 3.8) is 0 Å². The first-order valence-electron chi connectivity index (χ1n) is 9.21. The largest absolute Gasteiger partial charge is 0.458 e. The van der Waals surface area contributed by atoms with E-state index in [0.29, 0.717) is 23.3 Å². The average molecular weight is 318 g/mol. The summed E-state index contributed by atoms with van der Waals surface area (Å²) >= 11 is 0. The highest BCUT2D eigenvalue weighted by Gasteiger charge is 2.33. The molecule has 3 heteroatoms. The third-order valence-electron chi connectivity index (χ3n) is 5.12. The molecule has 23 heavy (non-hydrogen) atoms. The van der Waals surface area contributed by atoms with E-state index in [1.807, 2.05) is 24.5 Å². The van der Waals surface area contributed by atoms with E-state index in [4.69, 9.17) is 4.74 Å². The molecule has 1 saturated carbocycles. The second-order valence-corrected chi connectivity index (χ2v) is 7.45. The van der Waals surface area contributed by atoms with Gasteiger partial charge in [0, 0.05) is 18.6 Å². The maximum atomic E-state index is 12.5. The van der Waals surface area contributed by atoms with Crippen LogP contribution in [-0.4, -0.2) is 12.1 Å². The Bertz CT molecular complexity index is 495.